The van der Waals surface area contributed by atoms with Crippen molar-refractivity contribution in [2.45, 2.75) is 37.3 Å². The molecule has 0 N–H and O–H groups in total. The highest BCUT2D eigenvalue weighted by Crippen LogP contribution is 2.47. The Morgan fingerprint density at radius 3 is 2.26 bits per heavy atom. The van der Waals surface area contributed by atoms with Crippen LogP contribution in [0.25, 0.3) is 21.5 Å². The lowest BCUT2D eigenvalue weighted by Gasteiger charge is -2.35. The van der Waals surface area contributed by atoms with Gasteiger partial charge < -0.3 is 9.47 Å². The second-order valence-electron chi connectivity index (χ2n) is 6.87. The SMILES string of the molecule is CC(=O)O[C@@H]1c2ccc3cc4ccccc4cc3c2[C@H](Br)C[C@H]1OC(C)=O. The smallest absolute Gasteiger partial charge is 0.303 e. The minimum Gasteiger partial charge on any atom is -0.458 e. The van der Waals surface area contributed by atoms with Crippen molar-refractivity contribution >= 4 is 49.4 Å². The zero-order chi connectivity index (χ0) is 19.1. The van der Waals surface area contributed by atoms with E-state index in [9.17, 15) is 9.59 Å². The maximum Gasteiger partial charge on any atom is 0.303 e. The van der Waals surface area contributed by atoms with Gasteiger partial charge in [-0.2, -0.15) is 0 Å². The van der Waals surface area contributed by atoms with Gasteiger partial charge in [-0.15, -0.1) is 0 Å². The fourth-order valence-corrected chi connectivity index (χ4v) is 4.82. The highest BCUT2D eigenvalue weighted by molar-refractivity contribution is 9.09. The number of hydrogen-bond donors (Lipinski definition) is 0. The molecule has 1 aliphatic carbocycles. The van der Waals surface area contributed by atoms with Gasteiger partial charge in [0.25, 0.3) is 0 Å². The van der Waals surface area contributed by atoms with E-state index in [1.807, 2.05) is 24.3 Å². The lowest BCUT2D eigenvalue weighted by molar-refractivity contribution is -0.167. The number of fused-ring (bicyclic) bond motifs is 4. The van der Waals surface area contributed by atoms with Crippen LogP contribution in [0.4, 0.5) is 0 Å². The molecular weight excluding hydrogens is 408 g/mol. The van der Waals surface area contributed by atoms with Crippen molar-refractivity contribution in [2.24, 2.45) is 0 Å². The molecular formula is C22H19BrO4. The molecule has 0 bridgehead atoms. The van der Waals surface area contributed by atoms with Crippen molar-refractivity contribution in [3.05, 3.63) is 59.7 Å². The highest BCUT2D eigenvalue weighted by atomic mass is 79.9. The molecule has 0 amide bonds. The van der Waals surface area contributed by atoms with Crippen molar-refractivity contribution in [3.63, 3.8) is 0 Å². The molecule has 3 atom stereocenters. The van der Waals surface area contributed by atoms with Gasteiger partial charge >= 0.3 is 11.9 Å². The summed E-state index contributed by atoms with van der Waals surface area (Å²) in [6, 6.07) is 16.6. The number of carbonyl (C=O) groups excluding carboxylic acids is 2. The van der Waals surface area contributed by atoms with Gasteiger partial charge in [0, 0.05) is 30.7 Å². The van der Waals surface area contributed by atoms with Gasteiger partial charge in [-0.1, -0.05) is 52.3 Å². The maximum absolute atomic E-state index is 11.7. The minimum atomic E-state index is -0.605. The molecule has 3 aromatic rings. The van der Waals surface area contributed by atoms with E-state index in [0.717, 1.165) is 27.3 Å². The van der Waals surface area contributed by atoms with E-state index < -0.39 is 18.2 Å². The third kappa shape index (κ3) is 3.32. The van der Waals surface area contributed by atoms with E-state index in [1.54, 1.807) is 0 Å². The molecule has 0 spiro atoms. The van der Waals surface area contributed by atoms with E-state index >= 15 is 0 Å². The van der Waals surface area contributed by atoms with Gasteiger partial charge in [0.2, 0.25) is 0 Å². The van der Waals surface area contributed by atoms with Crippen molar-refractivity contribution < 1.29 is 19.1 Å². The molecule has 0 saturated heterocycles. The van der Waals surface area contributed by atoms with E-state index in [1.165, 1.54) is 19.2 Å². The number of alkyl halides is 1. The van der Waals surface area contributed by atoms with E-state index in [-0.39, 0.29) is 10.8 Å². The van der Waals surface area contributed by atoms with Crippen LogP contribution in [0.3, 0.4) is 0 Å². The standard InChI is InChI=1S/C22H19BrO4/c1-12(24)26-20-11-19(23)21-17(22(20)27-13(2)25)8-7-16-9-14-5-3-4-6-15(14)10-18(16)21/h3-10,19-20,22H,11H2,1-2H3/t19-,20-,22-/m1/s1. The van der Waals surface area contributed by atoms with Gasteiger partial charge in [-0.25, -0.2) is 0 Å². The average molecular weight is 427 g/mol. The Kier molecular flexibility index (Phi) is 4.64. The molecule has 0 fully saturated rings. The summed E-state index contributed by atoms with van der Waals surface area (Å²) in [6.07, 6.45) is -0.580. The number of benzene rings is 3. The van der Waals surface area contributed by atoms with Crippen LogP contribution in [-0.2, 0) is 19.1 Å². The summed E-state index contributed by atoms with van der Waals surface area (Å²) in [5.41, 5.74) is 1.97. The van der Waals surface area contributed by atoms with Crippen LogP contribution in [-0.4, -0.2) is 18.0 Å². The largest absolute Gasteiger partial charge is 0.458 e. The van der Waals surface area contributed by atoms with Crippen LogP contribution in [0.2, 0.25) is 0 Å². The van der Waals surface area contributed by atoms with Crippen molar-refractivity contribution in [1.29, 1.82) is 0 Å². The summed E-state index contributed by atoms with van der Waals surface area (Å²) in [6.45, 7) is 2.75. The first-order valence-electron chi connectivity index (χ1n) is 8.88. The average Bonchev–Trinajstić information content (AvgIpc) is 2.61. The van der Waals surface area contributed by atoms with E-state index in [4.69, 9.17) is 9.47 Å². The quantitative estimate of drug-likeness (QED) is 0.314. The lowest BCUT2D eigenvalue weighted by atomic mass is 9.83. The molecule has 27 heavy (non-hydrogen) atoms. The molecule has 0 aliphatic heterocycles. The molecule has 0 aromatic heterocycles. The first kappa shape index (κ1) is 18.0. The Balaban J connectivity index is 1.93. The van der Waals surface area contributed by atoms with Gasteiger partial charge in [-0.05, 0) is 39.2 Å². The Bertz CT molecular complexity index is 1060. The van der Waals surface area contributed by atoms with Crippen LogP contribution in [0.1, 0.15) is 42.3 Å². The highest BCUT2D eigenvalue weighted by Gasteiger charge is 2.39. The fraction of sp³-hybridized carbons (Fsp3) is 0.273. The van der Waals surface area contributed by atoms with Crippen LogP contribution in [0.15, 0.2) is 48.5 Å². The summed E-state index contributed by atoms with van der Waals surface area (Å²) in [4.78, 5) is 23.2. The first-order valence-corrected chi connectivity index (χ1v) is 9.79. The summed E-state index contributed by atoms with van der Waals surface area (Å²) in [7, 11) is 0. The zero-order valence-corrected chi connectivity index (χ0v) is 16.7. The molecule has 1 aliphatic rings. The Hall–Kier alpha value is -2.40. The fourth-order valence-electron chi connectivity index (χ4n) is 3.94. The van der Waals surface area contributed by atoms with E-state index in [2.05, 4.69) is 40.2 Å². The predicted molar refractivity (Wildman–Crippen MR) is 108 cm³/mol. The van der Waals surface area contributed by atoms with Crippen molar-refractivity contribution in [1.82, 2.24) is 0 Å². The summed E-state index contributed by atoms with van der Waals surface area (Å²) in [5.74, 6) is -0.776. The second kappa shape index (κ2) is 6.97. The number of esters is 2. The maximum atomic E-state index is 11.7. The van der Waals surface area contributed by atoms with Crippen molar-refractivity contribution in [3.8, 4) is 0 Å². The third-order valence-electron chi connectivity index (χ3n) is 4.97. The topological polar surface area (TPSA) is 52.6 Å². The lowest BCUT2D eigenvalue weighted by Crippen LogP contribution is -2.33. The molecule has 0 saturated carbocycles. The first-order chi connectivity index (χ1) is 12.9. The number of ether oxygens (including phenoxy) is 2. The summed E-state index contributed by atoms with van der Waals surface area (Å²) in [5, 5.41) is 4.58. The number of hydrogen-bond acceptors (Lipinski definition) is 4. The normalized spacial score (nSPS) is 21.7. The number of rotatable bonds is 2. The van der Waals surface area contributed by atoms with Crippen molar-refractivity contribution in [2.75, 3.05) is 0 Å². The minimum absolute atomic E-state index is 0.00600. The molecule has 4 rings (SSSR count). The Morgan fingerprint density at radius 2 is 1.59 bits per heavy atom. The second-order valence-corrected chi connectivity index (χ2v) is 7.98. The predicted octanol–water partition coefficient (Wildman–Crippen LogP) is 5.37. The summed E-state index contributed by atoms with van der Waals surface area (Å²) >= 11 is 3.76. The molecule has 138 valence electrons. The van der Waals surface area contributed by atoms with Gasteiger partial charge in [0.05, 0.1) is 0 Å². The zero-order valence-electron chi connectivity index (χ0n) is 15.1. The number of halogens is 1. The molecule has 0 heterocycles. The Morgan fingerprint density at radius 1 is 0.926 bits per heavy atom. The monoisotopic (exact) mass is 426 g/mol. The molecule has 0 radical (unpaired) electrons. The summed E-state index contributed by atoms with van der Waals surface area (Å²) < 4.78 is 11.0. The van der Waals surface area contributed by atoms with Crippen LogP contribution in [0.5, 0.6) is 0 Å². The van der Waals surface area contributed by atoms with Crippen LogP contribution in [0, 0.1) is 0 Å². The Labute approximate surface area is 165 Å². The van der Waals surface area contributed by atoms with Gasteiger partial charge in [0.15, 0.2) is 6.10 Å². The van der Waals surface area contributed by atoms with E-state index in [0.29, 0.717) is 6.42 Å². The van der Waals surface area contributed by atoms with Gasteiger partial charge in [-0.3, -0.25) is 9.59 Å². The van der Waals surface area contributed by atoms with Gasteiger partial charge in [0.1, 0.15) is 6.10 Å². The molecule has 4 nitrogen and oxygen atoms in total. The third-order valence-corrected chi connectivity index (χ3v) is 5.80. The molecule has 0 unspecified atom stereocenters. The number of carbonyl (C=O) groups is 2. The van der Waals surface area contributed by atoms with Crippen LogP contribution < -0.4 is 0 Å². The molecule has 5 heteroatoms. The molecule has 3 aromatic carbocycles. The van der Waals surface area contributed by atoms with Crippen LogP contribution >= 0.6 is 15.9 Å².